The Morgan fingerprint density at radius 3 is 2.60 bits per heavy atom. The molecule has 0 aliphatic heterocycles. The molecule has 0 amide bonds. The van der Waals surface area contributed by atoms with Crippen LogP contribution in [-0.4, -0.2) is 16.1 Å². The van der Waals surface area contributed by atoms with Crippen LogP contribution in [0.15, 0.2) is 36.4 Å². The molecule has 2 aromatic rings. The van der Waals surface area contributed by atoms with Gasteiger partial charge in [-0.3, -0.25) is 9.48 Å². The van der Waals surface area contributed by atoms with Gasteiger partial charge in [0.15, 0.2) is 6.29 Å². The molecule has 0 unspecified atom stereocenters. The van der Waals surface area contributed by atoms with Crippen LogP contribution in [0.1, 0.15) is 59.8 Å². The summed E-state index contributed by atoms with van der Waals surface area (Å²) in [6.07, 6.45) is 7.21. The van der Waals surface area contributed by atoms with Gasteiger partial charge in [-0.05, 0) is 24.5 Å². The summed E-state index contributed by atoms with van der Waals surface area (Å²) in [5.41, 5.74) is 3.02. The summed E-state index contributed by atoms with van der Waals surface area (Å²) in [7, 11) is 0. The summed E-state index contributed by atoms with van der Waals surface area (Å²) >= 11 is 0. The number of benzene rings is 1. The van der Waals surface area contributed by atoms with E-state index >= 15 is 0 Å². The maximum atomic E-state index is 11.0. The molecule has 3 nitrogen and oxygen atoms in total. The molecule has 0 atom stereocenters. The first kappa shape index (κ1) is 13.1. The molecule has 0 spiro atoms. The minimum atomic E-state index is 0.557. The molecule has 0 saturated heterocycles. The molecule has 20 heavy (non-hydrogen) atoms. The van der Waals surface area contributed by atoms with Crippen molar-refractivity contribution in [3.05, 3.63) is 53.3 Å². The van der Waals surface area contributed by atoms with Crippen molar-refractivity contribution in [1.82, 2.24) is 9.78 Å². The fraction of sp³-hybridized carbons (Fsp3) is 0.412. The second kappa shape index (κ2) is 6.04. The molecule has 104 valence electrons. The first-order valence-corrected chi connectivity index (χ1v) is 7.43. The summed E-state index contributed by atoms with van der Waals surface area (Å²) in [4.78, 5) is 11.0. The van der Waals surface area contributed by atoms with E-state index in [4.69, 9.17) is 0 Å². The number of rotatable bonds is 4. The van der Waals surface area contributed by atoms with E-state index in [0.717, 1.165) is 12.8 Å². The number of nitrogens with zero attached hydrogens (tertiary/aromatic N) is 2. The number of carbonyl (C=O) groups excluding carboxylic acids is 1. The van der Waals surface area contributed by atoms with Crippen molar-refractivity contribution < 1.29 is 4.79 Å². The largest absolute Gasteiger partial charge is 0.296 e. The molecule has 1 aliphatic rings. The minimum Gasteiger partial charge on any atom is -0.296 e. The Bertz CT molecular complexity index is 568. The summed E-state index contributed by atoms with van der Waals surface area (Å²) in [6.45, 7) is 0.751. The van der Waals surface area contributed by atoms with Gasteiger partial charge in [-0.15, -0.1) is 0 Å². The smallest absolute Gasteiger partial charge is 0.170 e. The molecule has 1 aliphatic carbocycles. The standard InChI is InChI=1S/C17H20N2O/c20-13-16-11-17(15-9-5-2-6-10-15)19(18-16)12-14-7-3-1-4-8-14/h1,3-4,7-8,11,13,15H,2,5-6,9-10,12H2. The van der Waals surface area contributed by atoms with Crippen LogP contribution in [0.2, 0.25) is 0 Å². The predicted molar refractivity (Wildman–Crippen MR) is 79.0 cm³/mol. The molecule has 1 aromatic heterocycles. The second-order valence-corrected chi connectivity index (χ2v) is 5.59. The van der Waals surface area contributed by atoms with Gasteiger partial charge in [0.2, 0.25) is 0 Å². The van der Waals surface area contributed by atoms with Crippen molar-refractivity contribution in [3.63, 3.8) is 0 Å². The first-order valence-electron chi connectivity index (χ1n) is 7.43. The number of carbonyl (C=O) groups is 1. The lowest BCUT2D eigenvalue weighted by Crippen LogP contribution is -2.13. The highest BCUT2D eigenvalue weighted by atomic mass is 16.1. The van der Waals surface area contributed by atoms with Crippen LogP contribution in [0, 0.1) is 0 Å². The molecule has 1 saturated carbocycles. The van der Waals surface area contributed by atoms with Crippen LogP contribution in [0.5, 0.6) is 0 Å². The lowest BCUT2D eigenvalue weighted by molar-refractivity contribution is 0.111. The maximum Gasteiger partial charge on any atom is 0.170 e. The highest BCUT2D eigenvalue weighted by molar-refractivity contribution is 5.71. The van der Waals surface area contributed by atoms with E-state index in [9.17, 15) is 4.79 Å². The zero-order chi connectivity index (χ0) is 13.8. The monoisotopic (exact) mass is 268 g/mol. The zero-order valence-electron chi connectivity index (χ0n) is 11.7. The van der Waals surface area contributed by atoms with Crippen molar-refractivity contribution in [2.75, 3.05) is 0 Å². The topological polar surface area (TPSA) is 34.9 Å². The molecule has 1 fully saturated rings. The maximum absolute atomic E-state index is 11.0. The van der Waals surface area contributed by atoms with Gasteiger partial charge in [0.1, 0.15) is 5.69 Å². The molecule has 1 heterocycles. The summed E-state index contributed by atoms with van der Waals surface area (Å²) in [5, 5.41) is 4.45. The van der Waals surface area contributed by atoms with E-state index in [1.165, 1.54) is 43.4 Å². The van der Waals surface area contributed by atoms with E-state index in [1.54, 1.807) is 0 Å². The Morgan fingerprint density at radius 2 is 1.90 bits per heavy atom. The summed E-state index contributed by atoms with van der Waals surface area (Å²) in [5.74, 6) is 0.564. The van der Waals surface area contributed by atoms with Crippen molar-refractivity contribution >= 4 is 6.29 Å². The number of hydrogen-bond donors (Lipinski definition) is 0. The molecule has 0 bridgehead atoms. The third-order valence-corrected chi connectivity index (χ3v) is 4.15. The lowest BCUT2D eigenvalue weighted by atomic mass is 9.87. The Kier molecular flexibility index (Phi) is 3.95. The van der Waals surface area contributed by atoms with Gasteiger partial charge in [-0.25, -0.2) is 0 Å². The van der Waals surface area contributed by atoms with Crippen LogP contribution >= 0.6 is 0 Å². The van der Waals surface area contributed by atoms with Gasteiger partial charge in [-0.1, -0.05) is 49.6 Å². The van der Waals surface area contributed by atoms with Gasteiger partial charge >= 0.3 is 0 Å². The Hall–Kier alpha value is -1.90. The highest BCUT2D eigenvalue weighted by Gasteiger charge is 2.20. The third-order valence-electron chi connectivity index (χ3n) is 4.15. The van der Waals surface area contributed by atoms with E-state index in [0.29, 0.717) is 11.6 Å². The van der Waals surface area contributed by atoms with E-state index in [2.05, 4.69) is 17.2 Å². The van der Waals surface area contributed by atoms with Gasteiger partial charge < -0.3 is 0 Å². The second-order valence-electron chi connectivity index (χ2n) is 5.59. The van der Waals surface area contributed by atoms with Crippen molar-refractivity contribution in [2.45, 2.75) is 44.6 Å². The van der Waals surface area contributed by atoms with Gasteiger partial charge in [0.25, 0.3) is 0 Å². The Labute approximate surface area is 119 Å². The fourth-order valence-corrected chi connectivity index (χ4v) is 3.12. The first-order chi connectivity index (χ1) is 9.86. The van der Waals surface area contributed by atoms with Crippen molar-refractivity contribution in [2.24, 2.45) is 0 Å². The summed E-state index contributed by atoms with van der Waals surface area (Å²) < 4.78 is 2.02. The molecule has 3 rings (SSSR count). The Balaban J connectivity index is 1.88. The van der Waals surface area contributed by atoms with Crippen LogP contribution < -0.4 is 0 Å². The minimum absolute atomic E-state index is 0.557. The highest BCUT2D eigenvalue weighted by Crippen LogP contribution is 2.33. The lowest BCUT2D eigenvalue weighted by Gasteiger charge is -2.22. The van der Waals surface area contributed by atoms with E-state index in [-0.39, 0.29) is 0 Å². The molecular formula is C17H20N2O. The normalized spacial score (nSPS) is 16.2. The SMILES string of the molecule is O=Cc1cc(C2CCCCC2)n(Cc2ccccc2)n1. The van der Waals surface area contributed by atoms with Crippen LogP contribution in [0.3, 0.4) is 0 Å². The average molecular weight is 268 g/mol. The predicted octanol–water partition coefficient (Wildman–Crippen LogP) is 3.79. The van der Waals surface area contributed by atoms with Crippen molar-refractivity contribution in [3.8, 4) is 0 Å². The quantitative estimate of drug-likeness (QED) is 0.791. The van der Waals surface area contributed by atoms with E-state index < -0.39 is 0 Å². The number of aldehydes is 1. The van der Waals surface area contributed by atoms with Gasteiger partial charge in [0, 0.05) is 11.6 Å². The van der Waals surface area contributed by atoms with Crippen LogP contribution in [0.4, 0.5) is 0 Å². The zero-order valence-corrected chi connectivity index (χ0v) is 11.7. The van der Waals surface area contributed by atoms with Crippen LogP contribution in [-0.2, 0) is 6.54 Å². The molecule has 1 aromatic carbocycles. The van der Waals surface area contributed by atoms with Crippen molar-refractivity contribution in [1.29, 1.82) is 0 Å². The molecule has 3 heteroatoms. The molecular weight excluding hydrogens is 248 g/mol. The fourth-order valence-electron chi connectivity index (χ4n) is 3.12. The number of hydrogen-bond acceptors (Lipinski definition) is 2. The Morgan fingerprint density at radius 1 is 1.15 bits per heavy atom. The van der Waals surface area contributed by atoms with Gasteiger partial charge in [-0.2, -0.15) is 5.10 Å². The third kappa shape index (κ3) is 2.82. The number of aromatic nitrogens is 2. The average Bonchev–Trinajstić information content (AvgIpc) is 2.92. The summed E-state index contributed by atoms with van der Waals surface area (Å²) in [6, 6.07) is 12.3. The van der Waals surface area contributed by atoms with Crippen LogP contribution in [0.25, 0.3) is 0 Å². The molecule has 0 radical (unpaired) electrons. The van der Waals surface area contributed by atoms with Gasteiger partial charge in [0.05, 0.1) is 6.54 Å². The molecule has 0 N–H and O–H groups in total. The van der Waals surface area contributed by atoms with E-state index in [1.807, 2.05) is 28.9 Å².